The van der Waals surface area contributed by atoms with E-state index in [0.29, 0.717) is 31.1 Å². The van der Waals surface area contributed by atoms with Crippen molar-refractivity contribution < 1.29 is 14.3 Å². The molecule has 0 aromatic heterocycles. The molecule has 1 amide bonds. The van der Waals surface area contributed by atoms with Crippen LogP contribution in [0.15, 0.2) is 36.4 Å². The number of para-hydroxylation sites is 1. The van der Waals surface area contributed by atoms with E-state index in [1.807, 2.05) is 19.1 Å². The smallest absolute Gasteiger partial charge is 0.255 e. The van der Waals surface area contributed by atoms with Crippen molar-refractivity contribution in [3.05, 3.63) is 42.0 Å². The quantitative estimate of drug-likeness (QED) is 0.629. The number of benzene rings is 1. The molecule has 0 saturated carbocycles. The van der Waals surface area contributed by atoms with E-state index in [2.05, 4.69) is 22.7 Å². The maximum Gasteiger partial charge on any atom is 0.255 e. The molecule has 6 heteroatoms. The van der Waals surface area contributed by atoms with Crippen LogP contribution in [0.5, 0.6) is 5.75 Å². The van der Waals surface area contributed by atoms with Gasteiger partial charge in [-0.1, -0.05) is 18.7 Å². The Morgan fingerprint density at radius 2 is 2.09 bits per heavy atom. The Morgan fingerprint density at radius 3 is 2.83 bits per heavy atom. The van der Waals surface area contributed by atoms with Crippen molar-refractivity contribution in [1.29, 1.82) is 0 Å². The van der Waals surface area contributed by atoms with Crippen molar-refractivity contribution in [3.63, 3.8) is 0 Å². The summed E-state index contributed by atoms with van der Waals surface area (Å²) in [6.45, 7) is 7.28. The van der Waals surface area contributed by atoms with Gasteiger partial charge in [0, 0.05) is 25.7 Å². The fraction of sp³-hybridized carbons (Fsp3) is 0.471. The van der Waals surface area contributed by atoms with Crippen LogP contribution in [0.4, 0.5) is 0 Å². The Bertz CT molecular complexity index is 548. The minimum atomic E-state index is -0.140. The lowest BCUT2D eigenvalue weighted by atomic mass is 10.1. The van der Waals surface area contributed by atoms with E-state index in [0.717, 1.165) is 12.0 Å². The molecule has 0 aliphatic carbocycles. The summed E-state index contributed by atoms with van der Waals surface area (Å²) in [6.07, 6.45) is 0.905. The van der Waals surface area contributed by atoms with Crippen molar-refractivity contribution in [3.8, 4) is 5.75 Å². The number of amides is 1. The molecular weight excluding hydrogens is 294 g/mol. The third-order valence-corrected chi connectivity index (χ3v) is 3.54. The first-order valence-electron chi connectivity index (χ1n) is 7.74. The zero-order valence-corrected chi connectivity index (χ0v) is 13.7. The predicted octanol–water partition coefficient (Wildman–Crippen LogP) is 1.25. The molecule has 1 aliphatic heterocycles. The van der Waals surface area contributed by atoms with Crippen LogP contribution in [0.25, 0.3) is 0 Å². The number of ether oxygens (including phenoxy) is 2. The molecular formula is C17H25N3O3. The molecule has 6 nitrogen and oxygen atoms in total. The first kappa shape index (κ1) is 17.5. The molecule has 23 heavy (non-hydrogen) atoms. The van der Waals surface area contributed by atoms with Gasteiger partial charge in [-0.25, -0.2) is 0 Å². The molecule has 1 aromatic carbocycles. The largest absolute Gasteiger partial charge is 0.488 e. The van der Waals surface area contributed by atoms with E-state index in [4.69, 9.17) is 9.47 Å². The number of carbonyl (C=O) groups is 1. The second-order valence-electron chi connectivity index (χ2n) is 5.83. The highest BCUT2D eigenvalue weighted by atomic mass is 16.5. The van der Waals surface area contributed by atoms with Gasteiger partial charge in [0.15, 0.2) is 0 Å². The van der Waals surface area contributed by atoms with Crippen molar-refractivity contribution in [2.75, 3.05) is 26.9 Å². The number of rotatable bonds is 8. The van der Waals surface area contributed by atoms with E-state index in [1.54, 1.807) is 19.2 Å². The summed E-state index contributed by atoms with van der Waals surface area (Å²) in [4.78, 5) is 12.4. The van der Waals surface area contributed by atoms with Crippen molar-refractivity contribution in [2.45, 2.75) is 25.4 Å². The van der Waals surface area contributed by atoms with Crippen LogP contribution in [0.3, 0.4) is 0 Å². The van der Waals surface area contributed by atoms with Gasteiger partial charge in [0.05, 0.1) is 12.2 Å². The molecule has 126 valence electrons. The Balaban J connectivity index is 1.87. The minimum absolute atomic E-state index is 0.140. The van der Waals surface area contributed by atoms with E-state index >= 15 is 0 Å². The molecule has 1 aliphatic rings. The van der Waals surface area contributed by atoms with Gasteiger partial charge in [-0.2, -0.15) is 0 Å². The first-order valence-corrected chi connectivity index (χ1v) is 7.74. The molecule has 0 spiro atoms. The topological polar surface area (TPSA) is 71.6 Å². The van der Waals surface area contributed by atoms with Crippen LogP contribution in [-0.4, -0.2) is 44.9 Å². The summed E-state index contributed by atoms with van der Waals surface area (Å²) in [6, 6.07) is 7.68. The van der Waals surface area contributed by atoms with Gasteiger partial charge in [-0.3, -0.25) is 15.6 Å². The van der Waals surface area contributed by atoms with Gasteiger partial charge < -0.3 is 14.8 Å². The highest BCUT2D eigenvalue weighted by Crippen LogP contribution is 2.18. The standard InChI is InChI=1S/C17H25N3O3/c1-12(2)10-23-16-7-5-4-6-15(16)17(21)18-9-13-8-14(11-22-3)20-19-13/h4-7,13-14,19-20H,1,8-11H2,2-3H3,(H,18,21). The summed E-state index contributed by atoms with van der Waals surface area (Å²) < 4.78 is 10.8. The lowest BCUT2D eigenvalue weighted by molar-refractivity contribution is 0.0946. The number of nitrogens with one attached hydrogen (secondary N) is 3. The monoisotopic (exact) mass is 319 g/mol. The fourth-order valence-electron chi connectivity index (χ4n) is 2.43. The molecule has 2 unspecified atom stereocenters. The molecule has 1 aromatic rings. The Hall–Kier alpha value is -1.89. The Morgan fingerprint density at radius 1 is 1.35 bits per heavy atom. The lowest BCUT2D eigenvalue weighted by Crippen LogP contribution is -2.41. The third-order valence-electron chi connectivity index (χ3n) is 3.54. The lowest BCUT2D eigenvalue weighted by Gasteiger charge is -2.14. The zero-order chi connectivity index (χ0) is 16.7. The molecule has 1 heterocycles. The Kier molecular flexibility index (Phi) is 6.58. The van der Waals surface area contributed by atoms with Crippen molar-refractivity contribution >= 4 is 5.91 Å². The number of methoxy groups -OCH3 is 1. The van der Waals surface area contributed by atoms with Crippen molar-refractivity contribution in [2.24, 2.45) is 0 Å². The number of hydrogen-bond acceptors (Lipinski definition) is 5. The molecule has 1 fully saturated rings. The van der Waals surface area contributed by atoms with Gasteiger partial charge in [-0.05, 0) is 31.1 Å². The average molecular weight is 319 g/mol. The number of hydrazine groups is 1. The highest BCUT2D eigenvalue weighted by molar-refractivity contribution is 5.96. The van der Waals surface area contributed by atoms with E-state index in [1.165, 1.54) is 0 Å². The highest BCUT2D eigenvalue weighted by Gasteiger charge is 2.24. The van der Waals surface area contributed by atoms with Crippen LogP contribution in [-0.2, 0) is 4.74 Å². The van der Waals surface area contributed by atoms with Gasteiger partial charge in [0.2, 0.25) is 0 Å². The van der Waals surface area contributed by atoms with Crippen LogP contribution in [0.1, 0.15) is 23.7 Å². The number of carbonyl (C=O) groups excluding carboxylic acids is 1. The third kappa shape index (κ3) is 5.35. The molecule has 0 radical (unpaired) electrons. The van der Waals surface area contributed by atoms with Gasteiger partial charge in [-0.15, -0.1) is 0 Å². The predicted molar refractivity (Wildman–Crippen MR) is 89.4 cm³/mol. The second-order valence-corrected chi connectivity index (χ2v) is 5.83. The molecule has 2 rings (SSSR count). The fourth-order valence-corrected chi connectivity index (χ4v) is 2.43. The maximum absolute atomic E-state index is 12.4. The molecule has 2 atom stereocenters. The van der Waals surface area contributed by atoms with Gasteiger partial charge in [0.25, 0.3) is 5.91 Å². The summed E-state index contributed by atoms with van der Waals surface area (Å²) in [5, 5.41) is 2.95. The Labute approximate surface area is 137 Å². The van der Waals surface area contributed by atoms with E-state index in [9.17, 15) is 4.79 Å². The van der Waals surface area contributed by atoms with Crippen molar-refractivity contribution in [1.82, 2.24) is 16.2 Å². The number of hydrogen-bond donors (Lipinski definition) is 3. The molecule has 3 N–H and O–H groups in total. The van der Waals surface area contributed by atoms with Gasteiger partial charge >= 0.3 is 0 Å². The SMILES string of the molecule is C=C(C)COc1ccccc1C(=O)NCC1CC(COC)NN1. The molecule has 0 bridgehead atoms. The van der Waals surface area contributed by atoms with Crippen LogP contribution < -0.4 is 20.9 Å². The van der Waals surface area contributed by atoms with E-state index < -0.39 is 0 Å². The summed E-state index contributed by atoms with van der Waals surface area (Å²) in [7, 11) is 1.68. The normalized spacial score (nSPS) is 20.3. The van der Waals surface area contributed by atoms with Crippen LogP contribution in [0, 0.1) is 0 Å². The van der Waals surface area contributed by atoms with Gasteiger partial charge in [0.1, 0.15) is 12.4 Å². The minimum Gasteiger partial charge on any atom is -0.488 e. The summed E-state index contributed by atoms with van der Waals surface area (Å²) >= 11 is 0. The molecule has 1 saturated heterocycles. The zero-order valence-electron chi connectivity index (χ0n) is 13.7. The van der Waals surface area contributed by atoms with Crippen LogP contribution in [0.2, 0.25) is 0 Å². The first-order chi connectivity index (χ1) is 11.1. The summed E-state index contributed by atoms with van der Waals surface area (Å²) in [5.41, 5.74) is 7.76. The average Bonchev–Trinajstić information content (AvgIpc) is 2.99. The summed E-state index contributed by atoms with van der Waals surface area (Å²) in [5.74, 6) is 0.432. The maximum atomic E-state index is 12.4. The van der Waals surface area contributed by atoms with E-state index in [-0.39, 0.29) is 18.0 Å². The second kappa shape index (κ2) is 8.67. The van der Waals surface area contributed by atoms with Crippen LogP contribution >= 0.6 is 0 Å².